The van der Waals surface area contributed by atoms with Crippen molar-refractivity contribution in [2.75, 3.05) is 6.54 Å². The molecule has 0 aliphatic heterocycles. The van der Waals surface area contributed by atoms with E-state index in [1.54, 1.807) is 18.3 Å². The highest BCUT2D eigenvalue weighted by Crippen LogP contribution is 2.16. The van der Waals surface area contributed by atoms with Gasteiger partial charge in [-0.25, -0.2) is 4.98 Å². The molecule has 1 amide bonds. The molecule has 0 saturated heterocycles. The monoisotopic (exact) mass is 385 g/mol. The van der Waals surface area contributed by atoms with Gasteiger partial charge in [-0.1, -0.05) is 30.3 Å². The summed E-state index contributed by atoms with van der Waals surface area (Å²) in [5, 5.41) is 11.6. The van der Waals surface area contributed by atoms with Gasteiger partial charge in [0.1, 0.15) is 11.1 Å². The molecule has 144 valence electrons. The minimum absolute atomic E-state index is 0.0462. The van der Waals surface area contributed by atoms with Gasteiger partial charge in [0.15, 0.2) is 5.65 Å². The minimum Gasteiger partial charge on any atom is -0.348 e. The third-order valence-electron chi connectivity index (χ3n) is 4.71. The summed E-state index contributed by atoms with van der Waals surface area (Å²) >= 11 is 0. The van der Waals surface area contributed by atoms with Crippen molar-refractivity contribution in [3.63, 3.8) is 0 Å². The Balaban J connectivity index is 2.17. The van der Waals surface area contributed by atoms with Gasteiger partial charge < -0.3 is 5.32 Å². The second-order valence-corrected chi connectivity index (χ2v) is 6.62. The molecule has 0 spiro atoms. The van der Waals surface area contributed by atoms with E-state index in [1.165, 1.54) is 15.0 Å². The highest BCUT2D eigenvalue weighted by Gasteiger charge is 2.18. The van der Waals surface area contributed by atoms with Crippen molar-refractivity contribution in [3.8, 4) is 5.69 Å². The minimum atomic E-state index is -0.449. The highest BCUT2D eigenvalue weighted by atomic mass is 16.1. The number of aromatic nitrogens is 3. The molecule has 0 unspecified atom stereocenters. The van der Waals surface area contributed by atoms with Gasteiger partial charge in [-0.15, -0.1) is 6.58 Å². The average molecular weight is 385 g/mol. The summed E-state index contributed by atoms with van der Waals surface area (Å²) in [5.74, 6) is -0.449. The molecule has 4 rings (SSSR count). The van der Waals surface area contributed by atoms with E-state index in [0.29, 0.717) is 17.0 Å². The zero-order valence-corrected chi connectivity index (χ0v) is 15.8. The molecule has 29 heavy (non-hydrogen) atoms. The zero-order chi connectivity index (χ0) is 20.5. The van der Waals surface area contributed by atoms with E-state index in [9.17, 15) is 9.59 Å². The second kappa shape index (κ2) is 7.20. The topological polar surface area (TPSA) is 92.2 Å². The third-order valence-corrected chi connectivity index (χ3v) is 4.71. The van der Waals surface area contributed by atoms with E-state index in [4.69, 9.17) is 10.4 Å². The fourth-order valence-corrected chi connectivity index (χ4v) is 3.30. The Hall–Kier alpha value is -4.00. The second-order valence-electron chi connectivity index (χ2n) is 6.62. The van der Waals surface area contributed by atoms with Gasteiger partial charge in [0.05, 0.1) is 10.9 Å². The van der Waals surface area contributed by atoms with Gasteiger partial charge in [0.2, 0.25) is 0 Å². The number of para-hydroxylation sites is 1. The number of nitrogens with zero attached hydrogens (tertiary/aromatic N) is 3. The third kappa shape index (κ3) is 3.02. The molecule has 2 N–H and O–H groups in total. The van der Waals surface area contributed by atoms with E-state index < -0.39 is 5.91 Å². The molecule has 7 nitrogen and oxygen atoms in total. The van der Waals surface area contributed by atoms with Crippen LogP contribution in [0.5, 0.6) is 0 Å². The maximum Gasteiger partial charge on any atom is 0.267 e. The van der Waals surface area contributed by atoms with Gasteiger partial charge in [-0.3, -0.25) is 24.0 Å². The van der Waals surface area contributed by atoms with E-state index in [0.717, 1.165) is 5.56 Å². The number of carbonyl (C=O) groups excluding carboxylic acids is 1. The van der Waals surface area contributed by atoms with Crippen LogP contribution in [0, 0.1) is 12.3 Å². The van der Waals surface area contributed by atoms with E-state index in [-0.39, 0.29) is 28.5 Å². The first-order valence-electron chi connectivity index (χ1n) is 9.10. The lowest BCUT2D eigenvalue weighted by Crippen LogP contribution is -2.34. The number of benzene rings is 1. The molecule has 0 atom stereocenters. The van der Waals surface area contributed by atoms with Crippen LogP contribution >= 0.6 is 0 Å². The Bertz CT molecular complexity index is 1380. The summed E-state index contributed by atoms with van der Waals surface area (Å²) in [6.07, 6.45) is 3.20. The summed E-state index contributed by atoms with van der Waals surface area (Å²) in [5.41, 5.74) is 2.08. The Morgan fingerprint density at radius 2 is 1.97 bits per heavy atom. The molecule has 4 aromatic rings. The Morgan fingerprint density at radius 3 is 2.69 bits per heavy atom. The first-order valence-corrected chi connectivity index (χ1v) is 9.10. The van der Waals surface area contributed by atoms with Gasteiger partial charge in [0.25, 0.3) is 11.5 Å². The Labute approximate surface area is 166 Å². The van der Waals surface area contributed by atoms with Crippen LogP contribution in [0.4, 0.5) is 0 Å². The van der Waals surface area contributed by atoms with Crippen LogP contribution in [0.3, 0.4) is 0 Å². The molecule has 0 aliphatic carbocycles. The Morgan fingerprint density at radius 1 is 1.21 bits per heavy atom. The average Bonchev–Trinajstić information content (AvgIpc) is 2.73. The van der Waals surface area contributed by atoms with E-state index in [1.807, 2.05) is 43.3 Å². The number of hydrogen-bond acceptors (Lipinski definition) is 4. The molecule has 3 heterocycles. The number of amides is 1. The van der Waals surface area contributed by atoms with Crippen molar-refractivity contribution in [1.82, 2.24) is 19.3 Å². The molecule has 0 radical (unpaired) electrons. The maximum atomic E-state index is 13.2. The van der Waals surface area contributed by atoms with E-state index in [2.05, 4.69) is 11.9 Å². The normalized spacial score (nSPS) is 10.9. The Kier molecular flexibility index (Phi) is 4.56. The van der Waals surface area contributed by atoms with Crippen molar-refractivity contribution in [3.05, 3.63) is 94.4 Å². The van der Waals surface area contributed by atoms with Crippen LogP contribution in [0.1, 0.15) is 15.9 Å². The van der Waals surface area contributed by atoms with Gasteiger partial charge in [-0.05, 0) is 36.8 Å². The molecule has 0 bridgehead atoms. The summed E-state index contributed by atoms with van der Waals surface area (Å²) in [4.78, 5) is 30.6. The summed E-state index contributed by atoms with van der Waals surface area (Å²) < 4.78 is 2.99. The molecule has 0 saturated carbocycles. The van der Waals surface area contributed by atoms with Gasteiger partial charge in [-0.2, -0.15) is 0 Å². The number of nitrogens with one attached hydrogen (secondary N) is 2. The summed E-state index contributed by atoms with van der Waals surface area (Å²) in [7, 11) is 0. The van der Waals surface area contributed by atoms with Crippen LogP contribution in [-0.4, -0.2) is 26.4 Å². The smallest absolute Gasteiger partial charge is 0.267 e. The SMILES string of the molecule is C=CCNC(=O)c1cc2c(=O)n3cccc(C)c3nc2n(-c2ccccc2)c1=N. The maximum absolute atomic E-state index is 13.2. The molecular formula is C22H19N5O2. The van der Waals surface area contributed by atoms with Crippen LogP contribution < -0.4 is 16.4 Å². The molecule has 1 aromatic carbocycles. The quantitative estimate of drug-likeness (QED) is 0.417. The van der Waals surface area contributed by atoms with E-state index >= 15 is 0 Å². The van der Waals surface area contributed by atoms with Gasteiger partial charge in [0, 0.05) is 18.4 Å². The zero-order valence-electron chi connectivity index (χ0n) is 15.8. The molecule has 7 heteroatoms. The summed E-state index contributed by atoms with van der Waals surface area (Å²) in [6, 6.07) is 14.2. The number of rotatable bonds is 4. The van der Waals surface area contributed by atoms with Crippen LogP contribution in [-0.2, 0) is 0 Å². The lowest BCUT2D eigenvalue weighted by molar-refractivity contribution is 0.0956. The van der Waals surface area contributed by atoms with Crippen molar-refractivity contribution in [1.29, 1.82) is 5.41 Å². The van der Waals surface area contributed by atoms with Crippen molar-refractivity contribution in [2.45, 2.75) is 6.92 Å². The molecule has 0 aliphatic rings. The lowest BCUT2D eigenvalue weighted by Gasteiger charge is -2.15. The number of pyridine rings is 2. The molecule has 0 fully saturated rings. The lowest BCUT2D eigenvalue weighted by atomic mass is 10.1. The largest absolute Gasteiger partial charge is 0.348 e. The molecule has 3 aromatic heterocycles. The first-order chi connectivity index (χ1) is 14.0. The summed E-state index contributed by atoms with van der Waals surface area (Å²) in [6.45, 7) is 5.72. The standard InChI is InChI=1S/C22H19N5O2/c1-3-11-24-21(28)16-13-17-20(27(18(16)23)15-9-5-4-6-10-15)25-19-14(2)8-7-12-26(19)22(17)29/h3-10,12-13,23H,1,11H2,2H3,(H,24,28). The number of carbonyl (C=O) groups is 1. The predicted octanol–water partition coefficient (Wildman–Crippen LogP) is 2.34. The number of fused-ring (bicyclic) bond motifs is 2. The number of hydrogen-bond donors (Lipinski definition) is 2. The van der Waals surface area contributed by atoms with Crippen molar-refractivity contribution in [2.24, 2.45) is 0 Å². The van der Waals surface area contributed by atoms with Crippen LogP contribution in [0.2, 0.25) is 0 Å². The number of aryl methyl sites for hydroxylation is 1. The molecular weight excluding hydrogens is 366 g/mol. The fourth-order valence-electron chi connectivity index (χ4n) is 3.30. The first kappa shape index (κ1) is 18.4. The van der Waals surface area contributed by atoms with Crippen molar-refractivity contribution < 1.29 is 4.79 Å². The fraction of sp³-hybridized carbons (Fsp3) is 0.0909. The predicted molar refractivity (Wildman–Crippen MR) is 111 cm³/mol. The van der Waals surface area contributed by atoms with Crippen LogP contribution in [0.15, 0.2) is 72.2 Å². The van der Waals surface area contributed by atoms with Gasteiger partial charge >= 0.3 is 0 Å². The van der Waals surface area contributed by atoms with Crippen molar-refractivity contribution >= 4 is 22.6 Å². The highest BCUT2D eigenvalue weighted by molar-refractivity contribution is 5.97. The van der Waals surface area contributed by atoms with Crippen LogP contribution in [0.25, 0.3) is 22.4 Å².